The van der Waals surface area contributed by atoms with E-state index < -0.39 is 47.6 Å². The van der Waals surface area contributed by atoms with Gasteiger partial charge in [0.05, 0.1) is 23.1 Å². The Balaban J connectivity index is 1.25. The standard InChI is InChI=1S/C27H29N3O9/c31-23-16-3-1-2-4-17(16)24(32)39-21-20(38-23)18(37-22(21)30-13-8-19(29-35)28-26(30)34)9-14-36-25(33)27-10-5-15(6-11-27)7-12-27/h1-4,8,13,15,18,20-22,35H,5-7,9-12,14H2,(H,28,29,34)/t15?,18-,20-,21-,22-,27?/m1/s1. The molecule has 7 rings (SSSR count). The lowest BCUT2D eigenvalue weighted by Crippen LogP contribution is -2.43. The first-order valence-corrected chi connectivity index (χ1v) is 13.2. The van der Waals surface area contributed by atoms with Crippen LogP contribution in [-0.2, 0) is 23.7 Å². The van der Waals surface area contributed by atoms with Crippen molar-refractivity contribution in [3.05, 3.63) is 58.1 Å². The molecule has 0 unspecified atom stereocenters. The van der Waals surface area contributed by atoms with Gasteiger partial charge >= 0.3 is 23.6 Å². The molecule has 2 aliphatic heterocycles. The van der Waals surface area contributed by atoms with Crippen molar-refractivity contribution >= 4 is 23.7 Å². The highest BCUT2D eigenvalue weighted by atomic mass is 16.6. The van der Waals surface area contributed by atoms with Crippen LogP contribution in [0.1, 0.15) is 71.9 Å². The quantitative estimate of drug-likeness (QED) is 0.316. The number of hydrogen-bond acceptors (Lipinski definition) is 11. The second kappa shape index (κ2) is 10.1. The molecule has 3 aliphatic carbocycles. The van der Waals surface area contributed by atoms with Gasteiger partial charge < -0.3 is 18.9 Å². The first kappa shape index (κ1) is 25.5. The summed E-state index contributed by atoms with van der Waals surface area (Å²) < 4.78 is 24.5. The van der Waals surface area contributed by atoms with Gasteiger partial charge in [0.1, 0.15) is 6.10 Å². The fraction of sp³-hybridized carbons (Fsp3) is 0.519. The van der Waals surface area contributed by atoms with Gasteiger partial charge in [-0.1, -0.05) is 12.1 Å². The first-order valence-electron chi connectivity index (χ1n) is 13.2. The number of anilines is 1. The molecular formula is C27H29N3O9. The fourth-order valence-corrected chi connectivity index (χ4v) is 6.29. The Hall–Kier alpha value is -3.77. The summed E-state index contributed by atoms with van der Waals surface area (Å²) >= 11 is 0. The number of carbonyl (C=O) groups is 3. The Morgan fingerprint density at radius 1 is 1.03 bits per heavy atom. The zero-order chi connectivity index (χ0) is 27.1. The van der Waals surface area contributed by atoms with Crippen LogP contribution in [0.3, 0.4) is 0 Å². The molecule has 12 nitrogen and oxygen atoms in total. The Morgan fingerprint density at radius 3 is 2.28 bits per heavy atom. The first-order chi connectivity index (χ1) is 18.9. The van der Waals surface area contributed by atoms with E-state index in [-0.39, 0.29) is 35.9 Å². The third-order valence-electron chi connectivity index (χ3n) is 8.52. The number of carbonyl (C=O) groups excluding carboxylic acids is 3. The highest BCUT2D eigenvalue weighted by Gasteiger charge is 2.52. The van der Waals surface area contributed by atoms with Crippen molar-refractivity contribution in [2.45, 2.75) is 69.5 Å². The number of hydrogen-bond donors (Lipinski definition) is 2. The van der Waals surface area contributed by atoms with E-state index in [4.69, 9.17) is 24.2 Å². The summed E-state index contributed by atoms with van der Waals surface area (Å²) in [6.07, 6.45) is 2.81. The van der Waals surface area contributed by atoms with Gasteiger partial charge in [-0.15, -0.1) is 0 Å². The van der Waals surface area contributed by atoms with Gasteiger partial charge in [-0.05, 0) is 62.6 Å². The van der Waals surface area contributed by atoms with Crippen LogP contribution >= 0.6 is 0 Å². The van der Waals surface area contributed by atoms with Gasteiger partial charge in [0.15, 0.2) is 24.3 Å². The molecular weight excluding hydrogens is 510 g/mol. The van der Waals surface area contributed by atoms with E-state index in [9.17, 15) is 19.2 Å². The van der Waals surface area contributed by atoms with E-state index in [0.29, 0.717) is 5.92 Å². The Labute approximate surface area is 223 Å². The van der Waals surface area contributed by atoms with Gasteiger partial charge in [-0.2, -0.15) is 4.98 Å². The van der Waals surface area contributed by atoms with Crippen molar-refractivity contribution in [3.63, 3.8) is 0 Å². The second-order valence-electron chi connectivity index (χ2n) is 10.7. The zero-order valence-electron chi connectivity index (χ0n) is 21.1. The summed E-state index contributed by atoms with van der Waals surface area (Å²) in [6.45, 7) is 0.00716. The van der Waals surface area contributed by atoms with Gasteiger partial charge in [0.2, 0.25) is 0 Å². The normalized spacial score (nSPS) is 31.3. The Kier molecular flexibility index (Phi) is 6.59. The average Bonchev–Trinajstić information content (AvgIpc) is 3.28. The van der Waals surface area contributed by atoms with Crippen molar-refractivity contribution < 1.29 is 38.5 Å². The summed E-state index contributed by atoms with van der Waals surface area (Å²) in [7, 11) is 0. The van der Waals surface area contributed by atoms with Crippen LogP contribution in [-0.4, -0.2) is 57.6 Å². The molecule has 1 saturated heterocycles. The lowest BCUT2D eigenvalue weighted by Gasteiger charge is -2.44. The predicted molar refractivity (Wildman–Crippen MR) is 132 cm³/mol. The monoisotopic (exact) mass is 539 g/mol. The van der Waals surface area contributed by atoms with Crippen LogP contribution in [0.5, 0.6) is 0 Å². The Morgan fingerprint density at radius 2 is 1.67 bits per heavy atom. The van der Waals surface area contributed by atoms with Crippen molar-refractivity contribution in [2.75, 3.05) is 12.1 Å². The molecule has 4 fully saturated rings. The molecule has 4 atom stereocenters. The summed E-state index contributed by atoms with van der Waals surface area (Å²) in [5.74, 6) is -1.08. The van der Waals surface area contributed by atoms with E-state index in [1.165, 1.54) is 24.4 Å². The number of rotatable bonds is 6. The maximum atomic E-state index is 13.1. The van der Waals surface area contributed by atoms with Gasteiger partial charge in [-0.3, -0.25) is 20.0 Å². The minimum Gasteiger partial charge on any atom is -0.465 e. The number of fused-ring (bicyclic) bond motifs is 5. The van der Waals surface area contributed by atoms with E-state index in [1.807, 2.05) is 0 Å². The largest absolute Gasteiger partial charge is 0.465 e. The fourth-order valence-electron chi connectivity index (χ4n) is 6.29. The number of nitrogens with one attached hydrogen (secondary N) is 1. The second-order valence-corrected chi connectivity index (χ2v) is 10.7. The Bertz CT molecular complexity index is 1340. The lowest BCUT2D eigenvalue weighted by molar-refractivity contribution is -0.163. The van der Waals surface area contributed by atoms with Crippen molar-refractivity contribution in [3.8, 4) is 0 Å². The number of nitrogens with zero attached hydrogens (tertiary/aromatic N) is 2. The van der Waals surface area contributed by atoms with E-state index >= 15 is 0 Å². The van der Waals surface area contributed by atoms with Crippen molar-refractivity contribution in [2.24, 2.45) is 11.3 Å². The SMILES string of the molecule is O=C1O[C@@H]2[C@H](OC(=O)c3ccccc31)[C@@H](CCOC(=O)C13CCC(CC1)CC3)O[C@H]2n1ccc(NO)nc1=O. The molecule has 3 saturated carbocycles. The maximum absolute atomic E-state index is 13.1. The summed E-state index contributed by atoms with van der Waals surface area (Å²) in [6, 6.07) is 7.46. The van der Waals surface area contributed by atoms with Crippen LogP contribution in [0, 0.1) is 11.3 Å². The van der Waals surface area contributed by atoms with Crippen LogP contribution in [0.4, 0.5) is 5.82 Å². The molecule has 0 radical (unpaired) electrons. The summed E-state index contributed by atoms with van der Waals surface area (Å²) in [5, 5.41) is 9.09. The molecule has 206 valence electrons. The molecule has 1 aromatic carbocycles. The molecule has 1 aromatic heterocycles. The summed E-state index contributed by atoms with van der Waals surface area (Å²) in [4.78, 5) is 55.6. The third kappa shape index (κ3) is 4.57. The third-order valence-corrected chi connectivity index (χ3v) is 8.52. The highest BCUT2D eigenvalue weighted by molar-refractivity contribution is 6.03. The number of ether oxygens (including phenoxy) is 4. The van der Waals surface area contributed by atoms with Gasteiger partial charge in [0, 0.05) is 12.6 Å². The zero-order valence-corrected chi connectivity index (χ0v) is 21.1. The molecule has 2 aromatic rings. The minimum atomic E-state index is -1.19. The minimum absolute atomic E-state index is 0.00716. The van der Waals surface area contributed by atoms with Gasteiger partial charge in [0.25, 0.3) is 0 Å². The van der Waals surface area contributed by atoms with E-state index in [2.05, 4.69) is 4.98 Å². The number of benzene rings is 1. The number of aromatic nitrogens is 2. The van der Waals surface area contributed by atoms with Crippen molar-refractivity contribution in [1.29, 1.82) is 0 Å². The average molecular weight is 540 g/mol. The summed E-state index contributed by atoms with van der Waals surface area (Å²) in [5.41, 5.74) is 0.669. The van der Waals surface area contributed by atoms with E-state index in [1.54, 1.807) is 17.6 Å². The van der Waals surface area contributed by atoms with Crippen LogP contribution < -0.4 is 11.2 Å². The molecule has 3 heterocycles. The number of esters is 3. The van der Waals surface area contributed by atoms with Crippen LogP contribution in [0.15, 0.2) is 41.3 Å². The topological polar surface area (TPSA) is 155 Å². The molecule has 2 bridgehead atoms. The van der Waals surface area contributed by atoms with Crippen molar-refractivity contribution in [1.82, 2.24) is 9.55 Å². The lowest BCUT2D eigenvalue weighted by atomic mass is 9.61. The molecule has 39 heavy (non-hydrogen) atoms. The van der Waals surface area contributed by atoms with E-state index in [0.717, 1.165) is 43.1 Å². The van der Waals surface area contributed by atoms with Crippen LogP contribution in [0.25, 0.3) is 0 Å². The van der Waals surface area contributed by atoms with Crippen LogP contribution in [0.2, 0.25) is 0 Å². The molecule has 0 amide bonds. The molecule has 2 N–H and O–H groups in total. The molecule has 0 spiro atoms. The maximum Gasteiger partial charge on any atom is 0.351 e. The smallest absolute Gasteiger partial charge is 0.351 e. The predicted octanol–water partition coefficient (Wildman–Crippen LogP) is 2.61. The molecule has 5 aliphatic rings. The molecule has 12 heteroatoms. The van der Waals surface area contributed by atoms with Gasteiger partial charge in [-0.25, -0.2) is 14.4 Å². The highest BCUT2D eigenvalue weighted by Crippen LogP contribution is 2.51.